The molecule has 0 saturated carbocycles. The minimum atomic E-state index is -2.89. The molecular weight excluding hydrogens is 380 g/mol. The number of hydrogen-bond acceptors (Lipinski definition) is 4. The van der Waals surface area contributed by atoms with Crippen molar-refractivity contribution in [2.75, 3.05) is 13.7 Å². The number of carbonyl (C=O) groups is 1. The van der Waals surface area contributed by atoms with Gasteiger partial charge in [0.05, 0.1) is 19.8 Å². The Hall–Kier alpha value is -3.09. The third kappa shape index (κ3) is 7.10. The molecule has 1 unspecified atom stereocenters. The summed E-state index contributed by atoms with van der Waals surface area (Å²) in [6.45, 7) is 1.48. The van der Waals surface area contributed by atoms with Crippen molar-refractivity contribution in [3.63, 3.8) is 0 Å². The highest BCUT2D eigenvalue weighted by Crippen LogP contribution is 2.28. The molecule has 0 fully saturated rings. The van der Waals surface area contributed by atoms with E-state index in [2.05, 4.69) is 10.1 Å². The maximum atomic E-state index is 12.3. The molecule has 2 aromatic rings. The van der Waals surface area contributed by atoms with E-state index in [-0.39, 0.29) is 17.7 Å². The van der Waals surface area contributed by atoms with Gasteiger partial charge in [0.25, 0.3) is 0 Å². The van der Waals surface area contributed by atoms with Crippen LogP contribution in [-0.4, -0.2) is 26.2 Å². The van der Waals surface area contributed by atoms with Crippen molar-refractivity contribution in [2.24, 2.45) is 0 Å². The van der Waals surface area contributed by atoms with Gasteiger partial charge in [-0.1, -0.05) is 25.1 Å². The number of methoxy groups -OCH3 is 1. The molecule has 0 aromatic heterocycles. The van der Waals surface area contributed by atoms with E-state index in [1.54, 1.807) is 44.4 Å². The lowest BCUT2D eigenvalue weighted by atomic mass is 10.1. The van der Waals surface area contributed by atoms with Gasteiger partial charge in [0, 0.05) is 6.08 Å². The van der Waals surface area contributed by atoms with Crippen molar-refractivity contribution in [1.29, 1.82) is 0 Å². The van der Waals surface area contributed by atoms with Crippen LogP contribution in [0.1, 0.15) is 37.4 Å². The summed E-state index contributed by atoms with van der Waals surface area (Å²) in [6, 6.07) is 11.3. The Balaban J connectivity index is 2.00. The second kappa shape index (κ2) is 11.0. The highest BCUT2D eigenvalue weighted by atomic mass is 19.3. The molecule has 0 aliphatic rings. The average molecular weight is 405 g/mol. The largest absolute Gasteiger partial charge is 0.493 e. The minimum absolute atomic E-state index is 0.0478. The summed E-state index contributed by atoms with van der Waals surface area (Å²) in [6.07, 6.45) is 3.95. The van der Waals surface area contributed by atoms with Gasteiger partial charge in [-0.2, -0.15) is 8.78 Å². The lowest BCUT2D eigenvalue weighted by molar-refractivity contribution is -0.117. The van der Waals surface area contributed by atoms with Gasteiger partial charge in [-0.3, -0.25) is 4.79 Å². The van der Waals surface area contributed by atoms with Crippen molar-refractivity contribution in [3.05, 3.63) is 59.7 Å². The second-order valence-corrected chi connectivity index (χ2v) is 6.27. The van der Waals surface area contributed by atoms with Crippen molar-refractivity contribution >= 4 is 12.0 Å². The van der Waals surface area contributed by atoms with Gasteiger partial charge in [-0.15, -0.1) is 0 Å². The maximum Gasteiger partial charge on any atom is 0.387 e. The van der Waals surface area contributed by atoms with E-state index in [0.29, 0.717) is 23.7 Å². The lowest BCUT2D eigenvalue weighted by Gasteiger charge is -2.14. The van der Waals surface area contributed by atoms with E-state index in [9.17, 15) is 13.6 Å². The van der Waals surface area contributed by atoms with E-state index in [0.717, 1.165) is 12.0 Å². The Morgan fingerprint density at radius 3 is 2.66 bits per heavy atom. The molecule has 0 bridgehead atoms. The predicted octanol–water partition coefficient (Wildman–Crippen LogP) is 4.98. The van der Waals surface area contributed by atoms with Crippen LogP contribution in [0.5, 0.6) is 17.2 Å². The molecule has 1 atom stereocenters. The Labute approximate surface area is 169 Å². The van der Waals surface area contributed by atoms with Crippen LogP contribution in [0.25, 0.3) is 6.08 Å². The van der Waals surface area contributed by atoms with Gasteiger partial charge < -0.3 is 19.5 Å². The van der Waals surface area contributed by atoms with Crippen molar-refractivity contribution < 1.29 is 27.8 Å². The molecule has 29 heavy (non-hydrogen) atoms. The summed E-state index contributed by atoms with van der Waals surface area (Å²) in [5.41, 5.74) is 1.44. The van der Waals surface area contributed by atoms with Crippen LogP contribution in [0.3, 0.4) is 0 Å². The van der Waals surface area contributed by atoms with Gasteiger partial charge in [0.1, 0.15) is 5.75 Å². The quantitative estimate of drug-likeness (QED) is 0.567. The second-order valence-electron chi connectivity index (χ2n) is 6.27. The van der Waals surface area contributed by atoms with E-state index >= 15 is 0 Å². The fourth-order valence-corrected chi connectivity index (χ4v) is 2.60. The minimum Gasteiger partial charge on any atom is -0.493 e. The number of alkyl halides is 2. The van der Waals surface area contributed by atoms with Gasteiger partial charge >= 0.3 is 6.61 Å². The normalized spacial score (nSPS) is 12.1. The van der Waals surface area contributed by atoms with Crippen LogP contribution < -0.4 is 19.5 Å². The third-order valence-electron chi connectivity index (χ3n) is 4.02. The van der Waals surface area contributed by atoms with Gasteiger partial charge in [-0.05, 0) is 54.8 Å². The first kappa shape index (κ1) is 22.2. The van der Waals surface area contributed by atoms with Crippen LogP contribution >= 0.6 is 0 Å². The van der Waals surface area contributed by atoms with Crippen molar-refractivity contribution in [3.8, 4) is 17.2 Å². The number of hydrogen-bond donors (Lipinski definition) is 1. The summed E-state index contributed by atoms with van der Waals surface area (Å²) in [4.78, 5) is 12.2. The number of amides is 1. The zero-order chi connectivity index (χ0) is 21.2. The first-order valence-corrected chi connectivity index (χ1v) is 9.27. The molecule has 0 aliphatic heterocycles. The topological polar surface area (TPSA) is 56.8 Å². The molecule has 0 aliphatic carbocycles. The Kier molecular flexibility index (Phi) is 8.45. The van der Waals surface area contributed by atoms with Gasteiger partial charge in [0.15, 0.2) is 11.5 Å². The zero-order valence-corrected chi connectivity index (χ0v) is 16.7. The standard InChI is InChI=1S/C22H25F2NO4/c1-4-12-28-19-10-8-16(13-20(19)27-3)9-11-21(26)25-15(2)17-6-5-7-18(14-17)29-22(23)24/h5-11,13-15,22H,4,12H2,1-3H3,(H,25,26)/b11-9+. The smallest absolute Gasteiger partial charge is 0.387 e. The predicted molar refractivity (Wildman–Crippen MR) is 107 cm³/mol. The Morgan fingerprint density at radius 2 is 1.97 bits per heavy atom. The molecule has 0 heterocycles. The molecule has 156 valence electrons. The van der Waals surface area contributed by atoms with Crippen LogP contribution in [0.15, 0.2) is 48.5 Å². The summed E-state index contributed by atoms with van der Waals surface area (Å²) in [5.74, 6) is 0.968. The van der Waals surface area contributed by atoms with Crippen molar-refractivity contribution in [1.82, 2.24) is 5.32 Å². The van der Waals surface area contributed by atoms with Gasteiger partial charge in [0.2, 0.25) is 5.91 Å². The van der Waals surface area contributed by atoms with E-state index in [4.69, 9.17) is 9.47 Å². The number of carbonyl (C=O) groups excluding carboxylic acids is 1. The number of halogens is 2. The number of nitrogens with one attached hydrogen (secondary N) is 1. The van der Waals surface area contributed by atoms with Gasteiger partial charge in [-0.25, -0.2) is 0 Å². The molecule has 0 radical (unpaired) electrons. The highest BCUT2D eigenvalue weighted by molar-refractivity contribution is 5.92. The van der Waals surface area contributed by atoms with Crippen molar-refractivity contribution in [2.45, 2.75) is 32.9 Å². The Bertz CT molecular complexity index is 839. The third-order valence-corrected chi connectivity index (χ3v) is 4.02. The monoisotopic (exact) mass is 405 g/mol. The molecule has 1 N–H and O–H groups in total. The number of rotatable bonds is 10. The average Bonchev–Trinajstić information content (AvgIpc) is 2.70. The molecule has 0 saturated heterocycles. The van der Waals surface area contributed by atoms with E-state index in [1.165, 1.54) is 18.2 Å². The molecule has 7 heteroatoms. The zero-order valence-electron chi connectivity index (χ0n) is 16.7. The summed E-state index contributed by atoms with van der Waals surface area (Å²) in [5, 5.41) is 2.79. The first-order valence-electron chi connectivity index (χ1n) is 9.27. The molecule has 5 nitrogen and oxygen atoms in total. The first-order chi connectivity index (χ1) is 13.9. The lowest BCUT2D eigenvalue weighted by Crippen LogP contribution is -2.24. The maximum absolute atomic E-state index is 12.3. The fraction of sp³-hybridized carbons (Fsp3) is 0.318. The molecule has 0 spiro atoms. The molecular formula is C22H25F2NO4. The van der Waals surface area contributed by atoms with Crippen LogP contribution in [0.4, 0.5) is 8.78 Å². The number of benzene rings is 2. The molecule has 1 amide bonds. The molecule has 2 rings (SSSR count). The van der Waals surface area contributed by atoms with Crippen LogP contribution in [0.2, 0.25) is 0 Å². The molecule has 2 aromatic carbocycles. The van der Waals surface area contributed by atoms with Crippen LogP contribution in [0, 0.1) is 0 Å². The fourth-order valence-electron chi connectivity index (χ4n) is 2.60. The number of ether oxygens (including phenoxy) is 3. The van der Waals surface area contributed by atoms with E-state index in [1.807, 2.05) is 13.0 Å². The summed E-state index contributed by atoms with van der Waals surface area (Å²) >= 11 is 0. The van der Waals surface area contributed by atoms with Crippen LogP contribution in [-0.2, 0) is 4.79 Å². The Morgan fingerprint density at radius 1 is 1.17 bits per heavy atom. The highest BCUT2D eigenvalue weighted by Gasteiger charge is 2.11. The SMILES string of the molecule is CCCOc1ccc(/C=C/C(=O)NC(C)c2cccc(OC(F)F)c2)cc1OC. The summed E-state index contributed by atoms with van der Waals surface area (Å²) < 4.78 is 40.0. The van der Waals surface area contributed by atoms with E-state index < -0.39 is 6.61 Å². The summed E-state index contributed by atoms with van der Waals surface area (Å²) in [7, 11) is 1.56.